The lowest BCUT2D eigenvalue weighted by atomic mass is 9.92. The molecule has 0 spiro atoms. The Labute approximate surface area is 116 Å². The van der Waals surface area contributed by atoms with E-state index >= 15 is 0 Å². The van der Waals surface area contributed by atoms with Crippen LogP contribution in [0.3, 0.4) is 0 Å². The molecule has 1 rings (SSSR count). The summed E-state index contributed by atoms with van der Waals surface area (Å²) in [6.07, 6.45) is 0.989. The summed E-state index contributed by atoms with van der Waals surface area (Å²) in [6.45, 7) is 8.69. The molecule has 0 fully saturated rings. The van der Waals surface area contributed by atoms with E-state index in [1.807, 2.05) is 37.3 Å². The summed E-state index contributed by atoms with van der Waals surface area (Å²) in [5.74, 6) is 0.628. The van der Waals surface area contributed by atoms with Crippen LogP contribution in [0.25, 0.3) is 0 Å². The maximum absolute atomic E-state index is 12.1. The number of hydrogen-bond donors (Lipinski definition) is 1. The second kappa shape index (κ2) is 7.82. The molecular formula is C16H25NO2. The van der Waals surface area contributed by atoms with Crippen LogP contribution in [-0.2, 0) is 9.53 Å². The third kappa shape index (κ3) is 5.33. The number of para-hydroxylation sites is 1. The predicted molar refractivity (Wildman–Crippen MR) is 79.1 cm³/mol. The molecule has 1 aromatic rings. The van der Waals surface area contributed by atoms with Gasteiger partial charge in [0, 0.05) is 5.69 Å². The Morgan fingerprint density at radius 1 is 1.21 bits per heavy atom. The lowest BCUT2D eigenvalue weighted by Crippen LogP contribution is -2.37. The van der Waals surface area contributed by atoms with E-state index < -0.39 is 0 Å². The van der Waals surface area contributed by atoms with Crippen molar-refractivity contribution in [2.24, 2.45) is 11.8 Å². The molecule has 3 heteroatoms. The maximum Gasteiger partial charge on any atom is 0.328 e. The number of anilines is 1. The summed E-state index contributed by atoms with van der Waals surface area (Å²) < 4.78 is 5.18. The maximum atomic E-state index is 12.1. The molecule has 0 bridgehead atoms. The highest BCUT2D eigenvalue weighted by atomic mass is 16.5. The molecule has 0 saturated carbocycles. The van der Waals surface area contributed by atoms with Crippen molar-refractivity contribution in [1.29, 1.82) is 0 Å². The number of rotatable bonds is 7. The van der Waals surface area contributed by atoms with Crippen LogP contribution in [-0.4, -0.2) is 18.6 Å². The van der Waals surface area contributed by atoms with E-state index in [1.54, 1.807) is 0 Å². The lowest BCUT2D eigenvalue weighted by Gasteiger charge is -2.25. The Balaban J connectivity index is 2.77. The van der Waals surface area contributed by atoms with Crippen molar-refractivity contribution >= 4 is 11.7 Å². The van der Waals surface area contributed by atoms with Crippen LogP contribution in [0.2, 0.25) is 0 Å². The minimum atomic E-state index is -0.287. The Kier molecular flexibility index (Phi) is 6.40. The molecule has 0 aliphatic carbocycles. The molecule has 2 atom stereocenters. The number of nitrogens with one attached hydrogen (secondary N) is 1. The smallest absolute Gasteiger partial charge is 0.328 e. The van der Waals surface area contributed by atoms with Gasteiger partial charge in [-0.1, -0.05) is 39.0 Å². The van der Waals surface area contributed by atoms with Gasteiger partial charge in [-0.2, -0.15) is 0 Å². The monoisotopic (exact) mass is 263 g/mol. The molecule has 106 valence electrons. The van der Waals surface area contributed by atoms with Gasteiger partial charge >= 0.3 is 5.97 Å². The Morgan fingerprint density at radius 2 is 1.84 bits per heavy atom. The Hall–Kier alpha value is -1.51. The lowest BCUT2D eigenvalue weighted by molar-refractivity contribution is -0.145. The van der Waals surface area contributed by atoms with Crippen LogP contribution < -0.4 is 5.32 Å². The zero-order chi connectivity index (χ0) is 14.3. The van der Waals surface area contributed by atoms with Crippen molar-refractivity contribution < 1.29 is 9.53 Å². The third-order valence-corrected chi connectivity index (χ3v) is 3.05. The van der Waals surface area contributed by atoms with Gasteiger partial charge in [0.2, 0.25) is 0 Å². The second-order valence-corrected chi connectivity index (χ2v) is 5.35. The van der Waals surface area contributed by atoms with Crippen molar-refractivity contribution in [1.82, 2.24) is 0 Å². The molecule has 19 heavy (non-hydrogen) atoms. The second-order valence-electron chi connectivity index (χ2n) is 5.35. The standard InChI is InChI=1S/C16H25NO2/c1-5-19-16(18)15(13(4)11-12(2)3)17-14-9-7-6-8-10-14/h6-10,12-13,15,17H,5,11H2,1-4H3. The van der Waals surface area contributed by atoms with Gasteiger partial charge in [-0.05, 0) is 37.3 Å². The fourth-order valence-corrected chi connectivity index (χ4v) is 2.26. The van der Waals surface area contributed by atoms with Gasteiger partial charge in [0.15, 0.2) is 0 Å². The topological polar surface area (TPSA) is 38.3 Å². The summed E-state index contributed by atoms with van der Waals surface area (Å²) in [7, 11) is 0. The average molecular weight is 263 g/mol. The van der Waals surface area contributed by atoms with Crippen LogP contribution in [0, 0.1) is 11.8 Å². The summed E-state index contributed by atoms with van der Waals surface area (Å²) >= 11 is 0. The zero-order valence-electron chi connectivity index (χ0n) is 12.3. The van der Waals surface area contributed by atoms with E-state index in [-0.39, 0.29) is 17.9 Å². The van der Waals surface area contributed by atoms with Crippen LogP contribution in [0.15, 0.2) is 30.3 Å². The Morgan fingerprint density at radius 3 is 2.37 bits per heavy atom. The zero-order valence-corrected chi connectivity index (χ0v) is 12.3. The van der Waals surface area contributed by atoms with Gasteiger partial charge in [-0.3, -0.25) is 0 Å². The molecule has 0 aliphatic rings. The van der Waals surface area contributed by atoms with E-state index in [4.69, 9.17) is 4.74 Å². The Bertz CT molecular complexity index is 376. The molecular weight excluding hydrogens is 238 g/mol. The molecule has 2 unspecified atom stereocenters. The fourth-order valence-electron chi connectivity index (χ4n) is 2.26. The number of carbonyl (C=O) groups is 1. The summed E-state index contributed by atoms with van der Waals surface area (Å²) in [5, 5.41) is 3.29. The van der Waals surface area contributed by atoms with Gasteiger partial charge in [-0.15, -0.1) is 0 Å². The molecule has 3 nitrogen and oxygen atoms in total. The van der Waals surface area contributed by atoms with Gasteiger partial charge in [-0.25, -0.2) is 4.79 Å². The minimum absolute atomic E-state index is 0.167. The third-order valence-electron chi connectivity index (χ3n) is 3.05. The van der Waals surface area contributed by atoms with Gasteiger partial charge < -0.3 is 10.1 Å². The molecule has 1 aromatic carbocycles. The van der Waals surface area contributed by atoms with Crippen molar-refractivity contribution in [2.45, 2.75) is 40.2 Å². The summed E-state index contributed by atoms with van der Waals surface area (Å²) in [4.78, 5) is 12.1. The van der Waals surface area contributed by atoms with Crippen LogP contribution in [0.1, 0.15) is 34.1 Å². The van der Waals surface area contributed by atoms with E-state index in [2.05, 4.69) is 26.1 Å². The summed E-state index contributed by atoms with van der Waals surface area (Å²) in [5.41, 5.74) is 0.955. The number of carbonyl (C=O) groups excluding carboxylic acids is 1. The quantitative estimate of drug-likeness (QED) is 0.762. The van der Waals surface area contributed by atoms with Crippen molar-refractivity contribution in [3.05, 3.63) is 30.3 Å². The molecule has 1 N–H and O–H groups in total. The van der Waals surface area contributed by atoms with Crippen LogP contribution in [0.4, 0.5) is 5.69 Å². The first-order valence-corrected chi connectivity index (χ1v) is 7.02. The fraction of sp³-hybridized carbons (Fsp3) is 0.562. The van der Waals surface area contributed by atoms with E-state index in [9.17, 15) is 4.79 Å². The van der Waals surface area contributed by atoms with Crippen LogP contribution in [0.5, 0.6) is 0 Å². The van der Waals surface area contributed by atoms with E-state index in [0.717, 1.165) is 12.1 Å². The van der Waals surface area contributed by atoms with Crippen LogP contribution >= 0.6 is 0 Å². The molecule has 0 radical (unpaired) electrons. The SMILES string of the molecule is CCOC(=O)C(Nc1ccccc1)C(C)CC(C)C. The molecule has 0 amide bonds. The number of hydrogen-bond acceptors (Lipinski definition) is 3. The highest BCUT2D eigenvalue weighted by Gasteiger charge is 2.26. The van der Waals surface area contributed by atoms with Gasteiger partial charge in [0.05, 0.1) is 6.61 Å². The van der Waals surface area contributed by atoms with Gasteiger partial charge in [0.1, 0.15) is 6.04 Å². The number of ether oxygens (including phenoxy) is 1. The molecule has 0 heterocycles. The van der Waals surface area contributed by atoms with E-state index in [0.29, 0.717) is 12.5 Å². The first kappa shape index (κ1) is 15.5. The largest absolute Gasteiger partial charge is 0.464 e. The number of benzene rings is 1. The predicted octanol–water partition coefficient (Wildman–Crippen LogP) is 3.71. The molecule has 0 aliphatic heterocycles. The summed E-state index contributed by atoms with van der Waals surface area (Å²) in [6, 6.07) is 9.52. The van der Waals surface area contributed by atoms with E-state index in [1.165, 1.54) is 0 Å². The molecule has 0 aromatic heterocycles. The first-order chi connectivity index (χ1) is 9.04. The van der Waals surface area contributed by atoms with Crippen molar-refractivity contribution in [3.8, 4) is 0 Å². The first-order valence-electron chi connectivity index (χ1n) is 7.02. The minimum Gasteiger partial charge on any atom is -0.464 e. The highest BCUT2D eigenvalue weighted by Crippen LogP contribution is 2.20. The van der Waals surface area contributed by atoms with Gasteiger partial charge in [0.25, 0.3) is 0 Å². The van der Waals surface area contributed by atoms with Crippen molar-refractivity contribution in [2.75, 3.05) is 11.9 Å². The molecule has 0 saturated heterocycles. The highest BCUT2D eigenvalue weighted by molar-refractivity contribution is 5.79. The van der Waals surface area contributed by atoms with Crippen molar-refractivity contribution in [3.63, 3.8) is 0 Å². The number of esters is 1. The average Bonchev–Trinajstić information content (AvgIpc) is 2.36. The normalized spacial score (nSPS) is 13.9.